The Morgan fingerprint density at radius 2 is 2.00 bits per heavy atom. The van der Waals surface area contributed by atoms with Gasteiger partial charge in [-0.05, 0) is 19.4 Å². The molecule has 0 unspecified atom stereocenters. The Balaban J connectivity index is 4.00. The van der Waals surface area contributed by atoms with Gasteiger partial charge in [-0.2, -0.15) is 0 Å². The fraction of sp³-hybridized carbons (Fsp3) is 0.429. The molecule has 0 rings (SSSR count). The summed E-state index contributed by atoms with van der Waals surface area (Å²) in [5.41, 5.74) is 3.49. The van der Waals surface area contributed by atoms with E-state index in [4.69, 9.17) is 0 Å². The molecule has 0 N–H and O–H groups in total. The molecule has 0 saturated carbocycles. The number of rotatable bonds is 1. The topological polar surface area (TPSA) is 26.3 Å². The summed E-state index contributed by atoms with van der Waals surface area (Å²) in [4.78, 5) is 10.3. The Hall–Kier alpha value is -1.01. The summed E-state index contributed by atoms with van der Waals surface area (Å²) in [5.74, 6) is -0.490. The molecule has 0 aliphatic carbocycles. The van der Waals surface area contributed by atoms with E-state index >= 15 is 0 Å². The average molecular weight is 125 g/mol. The zero-order chi connectivity index (χ0) is 7.28. The summed E-state index contributed by atoms with van der Waals surface area (Å²) >= 11 is 0. The monoisotopic (exact) mass is 125 g/mol. The van der Waals surface area contributed by atoms with Crippen LogP contribution in [0.25, 0.3) is 0 Å². The van der Waals surface area contributed by atoms with E-state index in [1.54, 1.807) is 0 Å². The van der Waals surface area contributed by atoms with Crippen LogP contribution in [-0.2, 0) is 9.53 Å². The molecule has 0 aliphatic heterocycles. The molecule has 0 fully saturated rings. The molecule has 0 aromatic heterocycles. The van der Waals surface area contributed by atoms with Gasteiger partial charge in [0.2, 0.25) is 0 Å². The van der Waals surface area contributed by atoms with E-state index < -0.39 is 5.97 Å². The lowest BCUT2D eigenvalue weighted by Crippen LogP contribution is -1.93. The Kier molecular flexibility index (Phi) is 3.49. The Morgan fingerprint density at radius 1 is 1.44 bits per heavy atom. The van der Waals surface area contributed by atoms with Crippen molar-refractivity contribution in [3.05, 3.63) is 17.4 Å². The largest absolute Gasteiger partial charge is 0.465 e. The number of carbonyl (C=O) groups is 1. The third-order valence-electron chi connectivity index (χ3n) is 0.600. The summed E-state index contributed by atoms with van der Waals surface area (Å²) < 4.78 is 4.27. The smallest absolute Gasteiger partial charge is 0.347 e. The molecule has 0 heterocycles. The highest BCUT2D eigenvalue weighted by molar-refractivity contribution is 5.77. The van der Waals surface area contributed by atoms with Crippen LogP contribution in [0.5, 0.6) is 0 Å². The van der Waals surface area contributed by atoms with Gasteiger partial charge in [-0.1, -0.05) is 0 Å². The molecular weight excluding hydrogens is 116 g/mol. The molecule has 0 atom stereocenters. The molecule has 9 heavy (non-hydrogen) atoms. The van der Waals surface area contributed by atoms with E-state index in [0.717, 1.165) is 5.57 Å². The number of hydrogen-bond acceptors (Lipinski definition) is 2. The van der Waals surface area contributed by atoms with Crippen molar-refractivity contribution in [2.75, 3.05) is 7.11 Å². The molecule has 0 aromatic rings. The van der Waals surface area contributed by atoms with Crippen molar-refractivity contribution in [1.82, 2.24) is 0 Å². The van der Waals surface area contributed by atoms with Gasteiger partial charge in [-0.25, -0.2) is 4.79 Å². The molecule has 0 spiro atoms. The normalized spacial score (nSPS) is 7.44. The third-order valence-corrected chi connectivity index (χ3v) is 0.600. The quantitative estimate of drug-likeness (QED) is 0.298. The summed E-state index contributed by atoms with van der Waals surface area (Å²) in [6.07, 6.45) is 2.28. The van der Waals surface area contributed by atoms with Gasteiger partial charge in [0.25, 0.3) is 0 Å². The number of hydrogen-bond donors (Lipinski definition) is 0. The first kappa shape index (κ1) is 7.99. The van der Waals surface area contributed by atoms with E-state index in [2.05, 4.69) is 16.5 Å². The minimum atomic E-state index is -0.490. The van der Waals surface area contributed by atoms with Crippen LogP contribution in [0, 0.1) is 6.08 Å². The van der Waals surface area contributed by atoms with E-state index in [0.29, 0.717) is 0 Å². The van der Waals surface area contributed by atoms with Gasteiger partial charge in [-0.3, -0.25) is 0 Å². The molecular formula is C7H9O2. The zero-order valence-electron chi connectivity index (χ0n) is 5.82. The van der Waals surface area contributed by atoms with Crippen molar-refractivity contribution in [2.45, 2.75) is 13.8 Å². The molecule has 0 aromatic carbocycles. The highest BCUT2D eigenvalue weighted by atomic mass is 16.5. The highest BCUT2D eigenvalue weighted by Gasteiger charge is 1.87. The highest BCUT2D eigenvalue weighted by Crippen LogP contribution is 1.82. The number of ether oxygens (including phenoxy) is 1. The van der Waals surface area contributed by atoms with Crippen LogP contribution in [0.4, 0.5) is 0 Å². The van der Waals surface area contributed by atoms with Gasteiger partial charge >= 0.3 is 5.97 Å². The number of carbonyl (C=O) groups excluding carboxylic acids is 1. The standard InChI is InChI=1S/C7H9O2/c1-6(2)4-5-7(8)9-3/h1-3H3. The predicted octanol–water partition coefficient (Wildman–Crippen LogP) is 1.08. The van der Waals surface area contributed by atoms with Crippen molar-refractivity contribution in [3.8, 4) is 0 Å². The molecule has 1 radical (unpaired) electrons. The first-order chi connectivity index (χ1) is 4.16. The molecule has 2 heteroatoms. The summed E-state index contributed by atoms with van der Waals surface area (Å²) in [5, 5.41) is 0. The maximum Gasteiger partial charge on any atom is 0.347 e. The van der Waals surface area contributed by atoms with Gasteiger partial charge < -0.3 is 4.74 Å². The fourth-order valence-electron chi connectivity index (χ4n) is 0.227. The lowest BCUT2D eigenvalue weighted by molar-refractivity contribution is -0.135. The van der Waals surface area contributed by atoms with Crippen LogP contribution in [0.1, 0.15) is 13.8 Å². The summed E-state index contributed by atoms with van der Waals surface area (Å²) in [7, 11) is 1.31. The number of esters is 1. The van der Waals surface area contributed by atoms with Gasteiger partial charge in [0.1, 0.15) is 6.08 Å². The van der Waals surface area contributed by atoms with E-state index in [1.807, 2.05) is 13.8 Å². The van der Waals surface area contributed by atoms with Crippen molar-refractivity contribution in [1.29, 1.82) is 0 Å². The van der Waals surface area contributed by atoms with Gasteiger partial charge in [0.15, 0.2) is 0 Å². The zero-order valence-corrected chi connectivity index (χ0v) is 5.82. The summed E-state index contributed by atoms with van der Waals surface area (Å²) in [6.45, 7) is 3.66. The van der Waals surface area contributed by atoms with Crippen molar-refractivity contribution >= 4 is 5.97 Å². The molecule has 49 valence electrons. The van der Waals surface area contributed by atoms with Crippen LogP contribution in [0.2, 0.25) is 0 Å². The lowest BCUT2D eigenvalue weighted by Gasteiger charge is -1.83. The second kappa shape index (κ2) is 3.93. The molecule has 0 amide bonds. The van der Waals surface area contributed by atoms with Crippen LogP contribution < -0.4 is 0 Å². The molecule has 0 bridgehead atoms. The predicted molar refractivity (Wildman–Crippen MR) is 33.6 cm³/mol. The van der Waals surface area contributed by atoms with E-state index in [9.17, 15) is 4.79 Å². The Labute approximate surface area is 54.8 Å². The van der Waals surface area contributed by atoms with Crippen molar-refractivity contribution < 1.29 is 9.53 Å². The SMILES string of the molecule is COC(=O)[C]=C=C(C)C. The minimum absolute atomic E-state index is 0.490. The van der Waals surface area contributed by atoms with Gasteiger partial charge in [0.05, 0.1) is 7.11 Å². The van der Waals surface area contributed by atoms with Gasteiger partial charge in [-0.15, -0.1) is 5.73 Å². The van der Waals surface area contributed by atoms with Crippen LogP contribution in [-0.4, -0.2) is 13.1 Å². The first-order valence-electron chi connectivity index (χ1n) is 2.57. The van der Waals surface area contributed by atoms with E-state index in [-0.39, 0.29) is 0 Å². The second-order valence-corrected chi connectivity index (χ2v) is 1.74. The summed E-state index contributed by atoms with van der Waals surface area (Å²) in [6, 6.07) is 0. The molecule has 0 aliphatic rings. The minimum Gasteiger partial charge on any atom is -0.465 e. The maximum absolute atomic E-state index is 10.3. The van der Waals surface area contributed by atoms with E-state index in [1.165, 1.54) is 7.11 Å². The second-order valence-electron chi connectivity index (χ2n) is 1.74. The van der Waals surface area contributed by atoms with Crippen LogP contribution >= 0.6 is 0 Å². The first-order valence-corrected chi connectivity index (χ1v) is 2.57. The van der Waals surface area contributed by atoms with Crippen LogP contribution in [0.15, 0.2) is 11.3 Å². The third kappa shape index (κ3) is 4.85. The number of methoxy groups -OCH3 is 1. The van der Waals surface area contributed by atoms with Crippen LogP contribution in [0.3, 0.4) is 0 Å². The van der Waals surface area contributed by atoms with Gasteiger partial charge in [0, 0.05) is 0 Å². The maximum atomic E-state index is 10.3. The fourth-order valence-corrected chi connectivity index (χ4v) is 0.227. The lowest BCUT2D eigenvalue weighted by atomic mass is 10.4. The van der Waals surface area contributed by atoms with Crippen molar-refractivity contribution in [2.24, 2.45) is 0 Å². The van der Waals surface area contributed by atoms with Crippen molar-refractivity contribution in [3.63, 3.8) is 0 Å². The Morgan fingerprint density at radius 3 is 2.33 bits per heavy atom. The molecule has 0 saturated heterocycles. The Bertz CT molecular complexity index is 158. The molecule has 2 nitrogen and oxygen atoms in total. The average Bonchev–Trinajstić information content (AvgIpc) is 1.83.